The molecular weight excluding hydrogens is 258 g/mol. The van der Waals surface area contributed by atoms with Crippen molar-refractivity contribution in [2.24, 2.45) is 0 Å². The summed E-state index contributed by atoms with van der Waals surface area (Å²) >= 11 is 0. The smallest absolute Gasteiger partial charge is 0.307 e. The molecule has 1 amide bonds. The van der Waals surface area contributed by atoms with Crippen LogP contribution in [0.3, 0.4) is 0 Å². The number of rotatable bonds is 5. The van der Waals surface area contributed by atoms with E-state index in [1.165, 1.54) is 12.0 Å². The zero-order chi connectivity index (χ0) is 15.3. The molecule has 0 atom stereocenters. The number of esters is 1. The Morgan fingerprint density at radius 1 is 1.25 bits per heavy atom. The van der Waals surface area contributed by atoms with Crippen LogP contribution in [0.5, 0.6) is 0 Å². The van der Waals surface area contributed by atoms with Gasteiger partial charge >= 0.3 is 5.97 Å². The minimum Gasteiger partial charge on any atom is -0.469 e. The lowest BCUT2D eigenvalue weighted by Gasteiger charge is -2.19. The van der Waals surface area contributed by atoms with E-state index in [1.807, 2.05) is 19.0 Å². The lowest BCUT2D eigenvalue weighted by Crippen LogP contribution is -2.29. The second-order valence-corrected chi connectivity index (χ2v) is 4.72. The van der Waals surface area contributed by atoms with Crippen LogP contribution in [-0.4, -0.2) is 51.6 Å². The third-order valence-corrected chi connectivity index (χ3v) is 2.98. The maximum Gasteiger partial charge on any atom is 0.307 e. The molecule has 6 nitrogen and oxygen atoms in total. The van der Waals surface area contributed by atoms with Crippen LogP contribution in [0.1, 0.15) is 16.8 Å². The highest BCUT2D eigenvalue weighted by Gasteiger charge is 2.14. The summed E-state index contributed by atoms with van der Waals surface area (Å²) in [6, 6.07) is 5.17. The molecule has 1 aromatic carbocycles. The van der Waals surface area contributed by atoms with E-state index in [0.717, 1.165) is 5.69 Å². The first-order chi connectivity index (χ1) is 9.36. The van der Waals surface area contributed by atoms with Gasteiger partial charge in [-0.05, 0) is 18.2 Å². The summed E-state index contributed by atoms with van der Waals surface area (Å²) in [6.45, 7) is 0.306. The zero-order valence-electron chi connectivity index (χ0n) is 12.3. The van der Waals surface area contributed by atoms with Crippen molar-refractivity contribution in [1.82, 2.24) is 4.90 Å². The maximum absolute atomic E-state index is 12.2. The summed E-state index contributed by atoms with van der Waals surface area (Å²) in [7, 11) is 6.73. The highest BCUT2D eigenvalue weighted by atomic mass is 16.5. The van der Waals surface area contributed by atoms with Gasteiger partial charge in [0.1, 0.15) is 0 Å². The number of ether oxygens (including phenoxy) is 1. The van der Waals surface area contributed by atoms with Gasteiger partial charge in [0.2, 0.25) is 0 Å². The number of carbonyl (C=O) groups excluding carboxylic acids is 2. The molecular formula is C14H21N3O3. The van der Waals surface area contributed by atoms with Crippen molar-refractivity contribution >= 4 is 23.3 Å². The van der Waals surface area contributed by atoms with Crippen molar-refractivity contribution in [2.75, 3.05) is 45.4 Å². The third kappa shape index (κ3) is 3.88. The van der Waals surface area contributed by atoms with Gasteiger partial charge in [0.05, 0.1) is 24.9 Å². The van der Waals surface area contributed by atoms with Crippen molar-refractivity contribution in [3.63, 3.8) is 0 Å². The van der Waals surface area contributed by atoms with Gasteiger partial charge in [-0.3, -0.25) is 9.59 Å². The number of hydrogen-bond donors (Lipinski definition) is 1. The average molecular weight is 279 g/mol. The molecule has 2 N–H and O–H groups in total. The number of benzene rings is 1. The average Bonchev–Trinajstić information content (AvgIpc) is 2.42. The molecule has 0 heterocycles. The summed E-state index contributed by atoms with van der Waals surface area (Å²) in [5, 5.41) is 0. The Bertz CT molecular complexity index is 500. The molecule has 20 heavy (non-hydrogen) atoms. The summed E-state index contributed by atoms with van der Waals surface area (Å²) in [4.78, 5) is 26.6. The van der Waals surface area contributed by atoms with Gasteiger partial charge in [-0.25, -0.2) is 0 Å². The minimum absolute atomic E-state index is 0.171. The maximum atomic E-state index is 12.2. The fourth-order valence-corrected chi connectivity index (χ4v) is 1.78. The van der Waals surface area contributed by atoms with Crippen molar-refractivity contribution in [3.8, 4) is 0 Å². The molecule has 0 saturated heterocycles. The Kier molecular flexibility index (Phi) is 5.37. The van der Waals surface area contributed by atoms with Crippen LogP contribution in [0.4, 0.5) is 11.4 Å². The SMILES string of the molecule is COC(=O)CCN(C)C(=O)c1ccc(N(C)C)c(N)c1. The van der Waals surface area contributed by atoms with Crippen LogP contribution in [0.25, 0.3) is 0 Å². The molecule has 0 spiro atoms. The van der Waals surface area contributed by atoms with E-state index in [9.17, 15) is 9.59 Å². The number of nitrogen functional groups attached to an aromatic ring is 1. The molecule has 0 unspecified atom stereocenters. The van der Waals surface area contributed by atoms with E-state index in [4.69, 9.17) is 5.73 Å². The van der Waals surface area contributed by atoms with Crippen LogP contribution in [0.2, 0.25) is 0 Å². The van der Waals surface area contributed by atoms with E-state index >= 15 is 0 Å². The fraction of sp³-hybridized carbons (Fsp3) is 0.429. The first-order valence-electron chi connectivity index (χ1n) is 6.26. The molecule has 0 fully saturated rings. The molecule has 0 aliphatic carbocycles. The molecule has 0 aromatic heterocycles. The predicted molar refractivity (Wildman–Crippen MR) is 78.8 cm³/mol. The standard InChI is InChI=1S/C14H21N3O3/c1-16(2)12-6-5-10(9-11(12)15)14(19)17(3)8-7-13(18)20-4/h5-6,9H,7-8,15H2,1-4H3. The monoisotopic (exact) mass is 279 g/mol. The number of methoxy groups -OCH3 is 1. The predicted octanol–water partition coefficient (Wildman–Crippen LogP) is 0.970. The van der Waals surface area contributed by atoms with Gasteiger partial charge < -0.3 is 20.3 Å². The van der Waals surface area contributed by atoms with Gasteiger partial charge in [-0.2, -0.15) is 0 Å². The molecule has 1 rings (SSSR count). The molecule has 6 heteroatoms. The summed E-state index contributed by atoms with van der Waals surface area (Å²) in [6.07, 6.45) is 0.171. The first-order valence-corrected chi connectivity index (χ1v) is 6.26. The zero-order valence-corrected chi connectivity index (χ0v) is 12.3. The van der Waals surface area contributed by atoms with Gasteiger partial charge in [0.25, 0.3) is 5.91 Å². The Morgan fingerprint density at radius 3 is 2.40 bits per heavy atom. The lowest BCUT2D eigenvalue weighted by atomic mass is 10.1. The molecule has 0 aliphatic heterocycles. The van der Waals surface area contributed by atoms with Crippen LogP contribution < -0.4 is 10.6 Å². The summed E-state index contributed by atoms with van der Waals surface area (Å²) < 4.78 is 4.54. The molecule has 1 aromatic rings. The number of carbonyl (C=O) groups is 2. The number of hydrogen-bond acceptors (Lipinski definition) is 5. The Labute approximate surface area is 119 Å². The van der Waals surface area contributed by atoms with Crippen molar-refractivity contribution < 1.29 is 14.3 Å². The van der Waals surface area contributed by atoms with Crippen molar-refractivity contribution in [3.05, 3.63) is 23.8 Å². The molecule has 0 bridgehead atoms. The van der Waals surface area contributed by atoms with Gasteiger partial charge in [-0.1, -0.05) is 0 Å². The third-order valence-electron chi connectivity index (χ3n) is 2.98. The quantitative estimate of drug-likeness (QED) is 0.642. The summed E-state index contributed by atoms with van der Waals surface area (Å²) in [5.74, 6) is -0.516. The van der Waals surface area contributed by atoms with E-state index < -0.39 is 0 Å². The molecule has 110 valence electrons. The van der Waals surface area contributed by atoms with E-state index in [2.05, 4.69) is 4.74 Å². The number of amides is 1. The normalized spacial score (nSPS) is 10.0. The fourth-order valence-electron chi connectivity index (χ4n) is 1.78. The Balaban J connectivity index is 2.77. The molecule has 0 radical (unpaired) electrons. The van der Waals surface area contributed by atoms with E-state index in [1.54, 1.807) is 25.2 Å². The van der Waals surface area contributed by atoms with Crippen molar-refractivity contribution in [2.45, 2.75) is 6.42 Å². The van der Waals surface area contributed by atoms with Crippen molar-refractivity contribution in [1.29, 1.82) is 0 Å². The van der Waals surface area contributed by atoms with Gasteiger partial charge in [0, 0.05) is 33.3 Å². The topological polar surface area (TPSA) is 75.9 Å². The minimum atomic E-state index is -0.341. The molecule has 0 saturated carbocycles. The number of nitrogens with two attached hydrogens (primary N) is 1. The van der Waals surface area contributed by atoms with Gasteiger partial charge in [-0.15, -0.1) is 0 Å². The van der Waals surface area contributed by atoms with Crippen LogP contribution in [-0.2, 0) is 9.53 Å². The number of anilines is 2. The second-order valence-electron chi connectivity index (χ2n) is 4.72. The Hall–Kier alpha value is -2.24. The molecule has 0 aliphatic rings. The van der Waals surface area contributed by atoms with Crippen LogP contribution in [0.15, 0.2) is 18.2 Å². The van der Waals surface area contributed by atoms with E-state index in [0.29, 0.717) is 17.8 Å². The summed E-state index contributed by atoms with van der Waals surface area (Å²) in [5.41, 5.74) is 7.82. The highest BCUT2D eigenvalue weighted by molar-refractivity contribution is 5.96. The Morgan fingerprint density at radius 2 is 1.90 bits per heavy atom. The number of nitrogens with zero attached hydrogens (tertiary/aromatic N) is 2. The van der Waals surface area contributed by atoms with E-state index in [-0.39, 0.29) is 18.3 Å². The largest absolute Gasteiger partial charge is 0.469 e. The lowest BCUT2D eigenvalue weighted by molar-refractivity contribution is -0.140. The van der Waals surface area contributed by atoms with Crippen LogP contribution >= 0.6 is 0 Å². The highest BCUT2D eigenvalue weighted by Crippen LogP contribution is 2.22. The van der Waals surface area contributed by atoms with Gasteiger partial charge in [0.15, 0.2) is 0 Å². The first kappa shape index (κ1) is 15.8. The van der Waals surface area contributed by atoms with Crippen LogP contribution in [0, 0.1) is 0 Å². The second kappa shape index (κ2) is 6.79.